The monoisotopic (exact) mass is 309 g/mol. The third-order valence-electron chi connectivity index (χ3n) is 2.80. The molecule has 1 atom stereocenters. The Morgan fingerprint density at radius 2 is 2.33 bits per heavy atom. The Morgan fingerprint density at radius 3 is 3.00 bits per heavy atom. The van der Waals surface area contributed by atoms with Gasteiger partial charge in [0.05, 0.1) is 0 Å². The summed E-state index contributed by atoms with van der Waals surface area (Å²) in [5, 5.41) is 7.09. The molecular weight excluding hydrogens is 294 g/mol. The molecule has 0 amide bonds. The van der Waals surface area contributed by atoms with Gasteiger partial charge in [-0.05, 0) is 24.1 Å². The molecule has 18 heavy (non-hydrogen) atoms. The Kier molecular flexibility index (Phi) is 4.90. The van der Waals surface area contributed by atoms with Crippen molar-refractivity contribution in [2.75, 3.05) is 6.54 Å². The molecule has 1 unspecified atom stereocenters. The third-order valence-corrected chi connectivity index (χ3v) is 3.29. The van der Waals surface area contributed by atoms with E-state index >= 15 is 0 Å². The smallest absolute Gasteiger partial charge is 0.227 e. The van der Waals surface area contributed by atoms with E-state index in [1.165, 1.54) is 11.9 Å². The average Bonchev–Trinajstić information content (AvgIpc) is 2.88. The molecule has 2 rings (SSSR count). The number of halogens is 1. The number of nitrogens with zero attached hydrogens (tertiary/aromatic N) is 2. The van der Waals surface area contributed by atoms with Crippen LogP contribution in [0.15, 0.2) is 39.6 Å². The molecule has 0 saturated carbocycles. The molecule has 4 nitrogen and oxygen atoms in total. The molecule has 1 aromatic carbocycles. The van der Waals surface area contributed by atoms with Crippen molar-refractivity contribution in [3.05, 3.63) is 46.5 Å². The van der Waals surface area contributed by atoms with Crippen molar-refractivity contribution in [2.24, 2.45) is 0 Å². The summed E-state index contributed by atoms with van der Waals surface area (Å²) in [5.74, 6) is 0.673. The number of nitrogens with one attached hydrogen (secondary N) is 1. The van der Waals surface area contributed by atoms with Crippen LogP contribution in [-0.2, 0) is 6.42 Å². The lowest BCUT2D eigenvalue weighted by atomic mass is 10.0. The molecule has 1 aromatic heterocycles. The quantitative estimate of drug-likeness (QED) is 0.890. The van der Waals surface area contributed by atoms with Crippen LogP contribution in [0, 0.1) is 0 Å². The molecule has 0 saturated heterocycles. The Hall–Kier alpha value is -1.20. The molecule has 5 heteroatoms. The van der Waals surface area contributed by atoms with Crippen LogP contribution >= 0.6 is 15.9 Å². The van der Waals surface area contributed by atoms with Gasteiger partial charge >= 0.3 is 0 Å². The van der Waals surface area contributed by atoms with Crippen molar-refractivity contribution in [1.29, 1.82) is 0 Å². The summed E-state index contributed by atoms with van der Waals surface area (Å²) in [6, 6.07) is 8.73. The summed E-state index contributed by atoms with van der Waals surface area (Å²) in [6.07, 6.45) is 3.23. The maximum absolute atomic E-state index is 4.97. The fourth-order valence-electron chi connectivity index (χ4n) is 1.88. The molecule has 0 aliphatic heterocycles. The maximum atomic E-state index is 4.97. The zero-order valence-electron chi connectivity index (χ0n) is 10.3. The van der Waals surface area contributed by atoms with Crippen molar-refractivity contribution in [3.8, 4) is 0 Å². The van der Waals surface area contributed by atoms with Gasteiger partial charge in [-0.15, -0.1) is 0 Å². The fourth-order valence-corrected chi connectivity index (χ4v) is 2.30. The highest BCUT2D eigenvalue weighted by molar-refractivity contribution is 9.10. The lowest BCUT2D eigenvalue weighted by molar-refractivity contribution is 0.371. The molecule has 0 aliphatic rings. The second kappa shape index (κ2) is 6.66. The van der Waals surface area contributed by atoms with E-state index in [0.29, 0.717) is 11.9 Å². The SMILES string of the molecule is CCC(NCCc1ncno1)c1cccc(Br)c1. The lowest BCUT2D eigenvalue weighted by Gasteiger charge is -2.17. The molecule has 0 radical (unpaired) electrons. The molecule has 1 heterocycles. The highest BCUT2D eigenvalue weighted by Gasteiger charge is 2.09. The van der Waals surface area contributed by atoms with Gasteiger partial charge in [0.2, 0.25) is 5.89 Å². The van der Waals surface area contributed by atoms with E-state index in [2.05, 4.69) is 56.5 Å². The van der Waals surface area contributed by atoms with Crippen LogP contribution in [0.2, 0.25) is 0 Å². The van der Waals surface area contributed by atoms with Crippen molar-refractivity contribution in [1.82, 2.24) is 15.5 Å². The Morgan fingerprint density at radius 1 is 1.44 bits per heavy atom. The summed E-state index contributed by atoms with van der Waals surface area (Å²) in [5.41, 5.74) is 1.29. The molecule has 1 N–H and O–H groups in total. The van der Waals surface area contributed by atoms with Crippen molar-refractivity contribution >= 4 is 15.9 Å². The van der Waals surface area contributed by atoms with Crippen LogP contribution in [0.1, 0.15) is 30.8 Å². The number of aromatic nitrogens is 2. The van der Waals surface area contributed by atoms with Gasteiger partial charge in [-0.25, -0.2) is 0 Å². The second-order valence-corrected chi connectivity index (χ2v) is 4.97. The Bertz CT molecular complexity index is 473. The number of benzene rings is 1. The Balaban J connectivity index is 1.89. The van der Waals surface area contributed by atoms with Gasteiger partial charge in [-0.2, -0.15) is 4.98 Å². The normalized spacial score (nSPS) is 12.6. The van der Waals surface area contributed by atoms with Gasteiger partial charge in [-0.3, -0.25) is 0 Å². The van der Waals surface area contributed by atoms with Crippen LogP contribution in [-0.4, -0.2) is 16.7 Å². The van der Waals surface area contributed by atoms with E-state index in [4.69, 9.17) is 4.52 Å². The summed E-state index contributed by atoms with van der Waals surface area (Å²) < 4.78 is 6.07. The van der Waals surface area contributed by atoms with E-state index in [1.807, 2.05) is 6.07 Å². The maximum Gasteiger partial charge on any atom is 0.227 e. The summed E-state index contributed by atoms with van der Waals surface area (Å²) in [6.45, 7) is 3.00. The first-order valence-corrected chi connectivity index (χ1v) is 6.83. The standard InChI is InChI=1S/C13H16BrN3O/c1-2-12(10-4-3-5-11(14)8-10)15-7-6-13-16-9-17-18-13/h3-5,8-9,12,15H,2,6-7H2,1H3. The third kappa shape index (κ3) is 3.65. The minimum atomic E-state index is 0.352. The average molecular weight is 310 g/mol. The summed E-state index contributed by atoms with van der Waals surface area (Å²) in [4.78, 5) is 4.00. The molecule has 0 spiro atoms. The molecular formula is C13H16BrN3O. The second-order valence-electron chi connectivity index (χ2n) is 4.05. The van der Waals surface area contributed by atoms with E-state index in [-0.39, 0.29) is 0 Å². The summed E-state index contributed by atoms with van der Waals surface area (Å²) >= 11 is 3.50. The van der Waals surface area contributed by atoms with Crippen LogP contribution < -0.4 is 5.32 Å². The van der Waals surface area contributed by atoms with Gasteiger partial charge in [0, 0.05) is 23.5 Å². The van der Waals surface area contributed by atoms with Crippen LogP contribution in [0.5, 0.6) is 0 Å². The highest BCUT2D eigenvalue weighted by atomic mass is 79.9. The van der Waals surface area contributed by atoms with Gasteiger partial charge in [0.25, 0.3) is 0 Å². The van der Waals surface area contributed by atoms with E-state index in [1.54, 1.807) is 0 Å². The predicted molar refractivity (Wildman–Crippen MR) is 73.2 cm³/mol. The summed E-state index contributed by atoms with van der Waals surface area (Å²) in [7, 11) is 0. The molecule has 96 valence electrons. The fraction of sp³-hybridized carbons (Fsp3) is 0.385. The van der Waals surface area contributed by atoms with Crippen molar-refractivity contribution in [2.45, 2.75) is 25.8 Å². The van der Waals surface area contributed by atoms with Crippen molar-refractivity contribution in [3.63, 3.8) is 0 Å². The molecule has 0 aliphatic carbocycles. The van der Waals surface area contributed by atoms with E-state index < -0.39 is 0 Å². The van der Waals surface area contributed by atoms with Gasteiger partial charge < -0.3 is 9.84 Å². The first-order valence-electron chi connectivity index (χ1n) is 6.04. The van der Waals surface area contributed by atoms with Gasteiger partial charge in [0.1, 0.15) is 0 Å². The first kappa shape index (κ1) is 13.2. The van der Waals surface area contributed by atoms with Crippen molar-refractivity contribution < 1.29 is 4.52 Å². The Labute approximate surface area is 115 Å². The minimum Gasteiger partial charge on any atom is -0.340 e. The van der Waals surface area contributed by atoms with Crippen LogP contribution in [0.25, 0.3) is 0 Å². The predicted octanol–water partition coefficient (Wildman–Crippen LogP) is 3.12. The highest BCUT2D eigenvalue weighted by Crippen LogP contribution is 2.20. The zero-order valence-corrected chi connectivity index (χ0v) is 11.9. The van der Waals surface area contributed by atoms with Gasteiger partial charge in [-0.1, -0.05) is 40.1 Å². The minimum absolute atomic E-state index is 0.352. The number of hydrogen-bond donors (Lipinski definition) is 1. The first-order chi connectivity index (χ1) is 8.79. The van der Waals surface area contributed by atoms with E-state index in [0.717, 1.165) is 23.9 Å². The van der Waals surface area contributed by atoms with Crippen LogP contribution in [0.4, 0.5) is 0 Å². The molecule has 2 aromatic rings. The zero-order chi connectivity index (χ0) is 12.8. The number of hydrogen-bond acceptors (Lipinski definition) is 4. The van der Waals surface area contributed by atoms with Crippen LogP contribution in [0.3, 0.4) is 0 Å². The largest absolute Gasteiger partial charge is 0.340 e. The van der Waals surface area contributed by atoms with E-state index in [9.17, 15) is 0 Å². The number of rotatable bonds is 6. The molecule has 0 bridgehead atoms. The molecule has 0 fully saturated rings. The lowest BCUT2D eigenvalue weighted by Crippen LogP contribution is -2.23. The van der Waals surface area contributed by atoms with Gasteiger partial charge in [0.15, 0.2) is 6.33 Å². The topological polar surface area (TPSA) is 51.0 Å².